The molecular weight excluding hydrogens is 379 g/mol. The Kier molecular flexibility index (Phi) is 7.19. The molecule has 2 rings (SSSR count). The molecule has 0 aliphatic heterocycles. The standard InChI is InChI=1S/C22H26ClFN2O2/c1-15(21(28)25-22(2,3)4)26(14-17-7-11-19(24)12-8-17)20(27)13-16-5-9-18(23)10-6-16/h5-12,15H,13-14H2,1-4H3,(H,25,28). The van der Waals surface area contributed by atoms with E-state index in [0.29, 0.717) is 5.02 Å². The van der Waals surface area contributed by atoms with Gasteiger partial charge < -0.3 is 10.2 Å². The topological polar surface area (TPSA) is 49.4 Å². The van der Waals surface area contributed by atoms with Crippen molar-refractivity contribution < 1.29 is 14.0 Å². The number of nitrogens with one attached hydrogen (secondary N) is 1. The van der Waals surface area contributed by atoms with E-state index in [1.807, 2.05) is 20.8 Å². The Morgan fingerprint density at radius 3 is 2.11 bits per heavy atom. The van der Waals surface area contributed by atoms with Crippen LogP contribution in [0.2, 0.25) is 5.02 Å². The summed E-state index contributed by atoms with van der Waals surface area (Å²) in [5, 5.41) is 3.50. The molecule has 0 heterocycles. The van der Waals surface area contributed by atoms with Crippen molar-refractivity contribution in [3.63, 3.8) is 0 Å². The molecule has 4 nitrogen and oxygen atoms in total. The minimum Gasteiger partial charge on any atom is -0.350 e. The molecule has 0 spiro atoms. The summed E-state index contributed by atoms with van der Waals surface area (Å²) in [5.74, 6) is -0.774. The van der Waals surface area contributed by atoms with E-state index in [1.54, 1.807) is 43.3 Å². The SMILES string of the molecule is CC(C(=O)NC(C)(C)C)N(Cc1ccc(F)cc1)C(=O)Cc1ccc(Cl)cc1. The van der Waals surface area contributed by atoms with Gasteiger partial charge in [-0.05, 0) is 63.1 Å². The molecule has 1 unspecified atom stereocenters. The highest BCUT2D eigenvalue weighted by atomic mass is 35.5. The Balaban J connectivity index is 2.23. The third kappa shape index (κ3) is 6.64. The molecule has 0 aliphatic rings. The van der Waals surface area contributed by atoms with Crippen LogP contribution in [0, 0.1) is 5.82 Å². The highest BCUT2D eigenvalue weighted by Crippen LogP contribution is 2.15. The molecule has 150 valence electrons. The molecule has 0 aromatic heterocycles. The van der Waals surface area contributed by atoms with Crippen molar-refractivity contribution in [1.29, 1.82) is 0 Å². The van der Waals surface area contributed by atoms with Gasteiger partial charge in [0.05, 0.1) is 6.42 Å². The first-order chi connectivity index (χ1) is 13.0. The Morgan fingerprint density at radius 2 is 1.57 bits per heavy atom. The Bertz CT molecular complexity index is 814. The van der Waals surface area contributed by atoms with E-state index >= 15 is 0 Å². The van der Waals surface area contributed by atoms with Crippen LogP contribution in [0.25, 0.3) is 0 Å². The van der Waals surface area contributed by atoms with Crippen LogP contribution in [0.15, 0.2) is 48.5 Å². The number of hydrogen-bond donors (Lipinski definition) is 1. The summed E-state index contributed by atoms with van der Waals surface area (Å²) in [7, 11) is 0. The third-order valence-electron chi connectivity index (χ3n) is 4.20. The molecule has 0 fully saturated rings. The van der Waals surface area contributed by atoms with Crippen LogP contribution in [-0.2, 0) is 22.6 Å². The molecule has 1 N–H and O–H groups in total. The first-order valence-corrected chi connectivity index (χ1v) is 9.53. The van der Waals surface area contributed by atoms with Crippen molar-refractivity contribution in [3.8, 4) is 0 Å². The molecule has 28 heavy (non-hydrogen) atoms. The molecule has 0 saturated heterocycles. The zero-order chi connectivity index (χ0) is 20.9. The van der Waals surface area contributed by atoms with Crippen LogP contribution in [0.3, 0.4) is 0 Å². The minimum atomic E-state index is -0.677. The van der Waals surface area contributed by atoms with Gasteiger partial charge in [-0.2, -0.15) is 0 Å². The summed E-state index contributed by atoms with van der Waals surface area (Å²) in [6, 6.07) is 12.3. The van der Waals surface area contributed by atoms with Crippen LogP contribution in [0.5, 0.6) is 0 Å². The van der Waals surface area contributed by atoms with Gasteiger partial charge in [-0.3, -0.25) is 9.59 Å². The van der Waals surface area contributed by atoms with Gasteiger partial charge in [-0.1, -0.05) is 35.9 Å². The highest BCUT2D eigenvalue weighted by molar-refractivity contribution is 6.30. The van der Waals surface area contributed by atoms with Gasteiger partial charge in [0.2, 0.25) is 11.8 Å². The summed E-state index contributed by atoms with van der Waals surface area (Å²) in [4.78, 5) is 27.2. The molecule has 2 aromatic carbocycles. The summed E-state index contributed by atoms with van der Waals surface area (Å²) in [5.41, 5.74) is 1.15. The van der Waals surface area contributed by atoms with Gasteiger partial charge in [-0.15, -0.1) is 0 Å². The number of nitrogens with zero attached hydrogens (tertiary/aromatic N) is 1. The quantitative estimate of drug-likeness (QED) is 0.777. The monoisotopic (exact) mass is 404 g/mol. The Hall–Kier alpha value is -2.40. The Morgan fingerprint density at radius 1 is 1.04 bits per heavy atom. The molecule has 6 heteroatoms. The normalized spacial score (nSPS) is 12.4. The molecular formula is C22H26ClFN2O2. The lowest BCUT2D eigenvalue weighted by atomic mass is 10.1. The third-order valence-corrected chi connectivity index (χ3v) is 4.45. The lowest BCUT2D eigenvalue weighted by Crippen LogP contribution is -2.52. The van der Waals surface area contributed by atoms with E-state index in [2.05, 4.69) is 5.32 Å². The van der Waals surface area contributed by atoms with Crippen LogP contribution in [-0.4, -0.2) is 28.3 Å². The van der Waals surface area contributed by atoms with E-state index in [1.165, 1.54) is 17.0 Å². The van der Waals surface area contributed by atoms with Gasteiger partial charge in [0.1, 0.15) is 11.9 Å². The lowest BCUT2D eigenvalue weighted by Gasteiger charge is -2.31. The van der Waals surface area contributed by atoms with E-state index < -0.39 is 11.6 Å². The summed E-state index contributed by atoms with van der Waals surface area (Å²) in [6.07, 6.45) is 0.144. The molecule has 1 atom stereocenters. The number of rotatable bonds is 6. The van der Waals surface area contributed by atoms with Crippen molar-refractivity contribution in [2.24, 2.45) is 0 Å². The van der Waals surface area contributed by atoms with E-state index in [-0.39, 0.29) is 30.6 Å². The lowest BCUT2D eigenvalue weighted by molar-refractivity contribution is -0.140. The number of benzene rings is 2. The second kappa shape index (κ2) is 9.20. The fourth-order valence-corrected chi connectivity index (χ4v) is 2.85. The maximum atomic E-state index is 13.2. The van der Waals surface area contributed by atoms with Gasteiger partial charge >= 0.3 is 0 Å². The van der Waals surface area contributed by atoms with Crippen molar-refractivity contribution >= 4 is 23.4 Å². The van der Waals surface area contributed by atoms with E-state index in [0.717, 1.165) is 11.1 Å². The van der Waals surface area contributed by atoms with Crippen molar-refractivity contribution in [2.45, 2.75) is 52.2 Å². The van der Waals surface area contributed by atoms with Gasteiger partial charge in [0.15, 0.2) is 0 Å². The van der Waals surface area contributed by atoms with Gasteiger partial charge in [0, 0.05) is 17.1 Å². The van der Waals surface area contributed by atoms with Crippen LogP contribution >= 0.6 is 11.6 Å². The molecule has 0 bridgehead atoms. The second-order valence-corrected chi connectivity index (χ2v) is 8.30. The summed E-state index contributed by atoms with van der Waals surface area (Å²) in [6.45, 7) is 7.57. The molecule has 0 saturated carbocycles. The predicted molar refractivity (Wildman–Crippen MR) is 109 cm³/mol. The molecule has 0 radical (unpaired) electrons. The van der Waals surface area contributed by atoms with E-state index in [4.69, 9.17) is 11.6 Å². The van der Waals surface area contributed by atoms with E-state index in [9.17, 15) is 14.0 Å². The number of amides is 2. The number of hydrogen-bond acceptors (Lipinski definition) is 2. The maximum Gasteiger partial charge on any atom is 0.242 e. The first kappa shape index (κ1) is 21.9. The van der Waals surface area contributed by atoms with Crippen molar-refractivity contribution in [3.05, 3.63) is 70.5 Å². The maximum absolute atomic E-state index is 13.2. The minimum absolute atomic E-state index is 0.144. The van der Waals surface area contributed by atoms with Gasteiger partial charge in [0.25, 0.3) is 0 Å². The number of carbonyl (C=O) groups excluding carboxylic acids is 2. The average molecular weight is 405 g/mol. The van der Waals surface area contributed by atoms with Crippen LogP contribution in [0.1, 0.15) is 38.8 Å². The smallest absolute Gasteiger partial charge is 0.242 e. The summed E-state index contributed by atoms with van der Waals surface area (Å²) < 4.78 is 13.2. The predicted octanol–water partition coefficient (Wildman–Crippen LogP) is 4.35. The first-order valence-electron chi connectivity index (χ1n) is 9.15. The highest BCUT2D eigenvalue weighted by Gasteiger charge is 2.28. The number of carbonyl (C=O) groups is 2. The molecule has 0 aliphatic carbocycles. The average Bonchev–Trinajstić information content (AvgIpc) is 2.61. The zero-order valence-corrected chi connectivity index (χ0v) is 17.4. The second-order valence-electron chi connectivity index (χ2n) is 7.87. The van der Waals surface area contributed by atoms with Crippen LogP contribution in [0.4, 0.5) is 4.39 Å². The van der Waals surface area contributed by atoms with Crippen LogP contribution < -0.4 is 5.32 Å². The number of halogens is 2. The fraction of sp³-hybridized carbons (Fsp3) is 0.364. The van der Waals surface area contributed by atoms with Crippen molar-refractivity contribution in [1.82, 2.24) is 10.2 Å². The zero-order valence-electron chi connectivity index (χ0n) is 16.6. The molecule has 2 aromatic rings. The summed E-state index contributed by atoms with van der Waals surface area (Å²) >= 11 is 5.91. The Labute approximate surface area is 170 Å². The largest absolute Gasteiger partial charge is 0.350 e. The van der Waals surface area contributed by atoms with Crippen molar-refractivity contribution in [2.75, 3.05) is 0 Å². The van der Waals surface area contributed by atoms with Gasteiger partial charge in [-0.25, -0.2) is 4.39 Å². The molecule has 2 amide bonds. The fourth-order valence-electron chi connectivity index (χ4n) is 2.72.